The highest BCUT2D eigenvalue weighted by molar-refractivity contribution is 6.28. The fraction of sp³-hybridized carbons (Fsp3) is 0.146. The number of allylic oxidation sites excluding steroid dienone is 1. The van der Waals surface area contributed by atoms with Gasteiger partial charge in [-0.15, -0.1) is 0 Å². The van der Waals surface area contributed by atoms with E-state index in [0.29, 0.717) is 11.8 Å². The summed E-state index contributed by atoms with van der Waals surface area (Å²) in [5.74, 6) is 1.34. The van der Waals surface area contributed by atoms with Crippen LogP contribution >= 0.6 is 0 Å². The molecule has 234 valence electrons. The Balaban J connectivity index is 1.19. The Kier molecular flexibility index (Phi) is 6.09. The quantitative estimate of drug-likeness (QED) is 0.172. The third-order valence-electron chi connectivity index (χ3n) is 11.0. The summed E-state index contributed by atoms with van der Waals surface area (Å²) in [4.78, 5) is 4.79. The van der Waals surface area contributed by atoms with Gasteiger partial charge in [-0.05, 0) is 124 Å². The molecule has 8 aromatic carbocycles. The van der Waals surface area contributed by atoms with Crippen molar-refractivity contribution in [3.63, 3.8) is 0 Å². The molecule has 0 radical (unpaired) electrons. The van der Waals surface area contributed by atoms with Crippen molar-refractivity contribution in [1.82, 2.24) is 0 Å². The molecule has 10 rings (SSSR count). The zero-order chi connectivity index (χ0) is 32.9. The second kappa shape index (κ2) is 10.5. The molecule has 1 heteroatoms. The number of aliphatic imine (C=N–C) groups is 1. The van der Waals surface area contributed by atoms with Crippen molar-refractivity contribution in [2.45, 2.75) is 32.6 Å². The van der Waals surface area contributed by atoms with Crippen molar-refractivity contribution in [3.05, 3.63) is 151 Å². The Morgan fingerprint density at radius 3 is 1.86 bits per heavy atom. The maximum Gasteiger partial charge on any atom is 0.0661 e. The van der Waals surface area contributed by atoms with Gasteiger partial charge in [0.25, 0.3) is 0 Å². The SMILES string of the molecule is CC(C)(C)c1cc2ccc3c(-c4ccc(C5=CC6CC6C=N5)cc4)cc(-c4cccc(-c5ccc6ccccc6c5)c4)c4ccc(c1)c2c34. The van der Waals surface area contributed by atoms with Gasteiger partial charge in [-0.25, -0.2) is 0 Å². The van der Waals surface area contributed by atoms with Gasteiger partial charge in [0.1, 0.15) is 0 Å². The van der Waals surface area contributed by atoms with Gasteiger partial charge in [-0.2, -0.15) is 0 Å². The summed E-state index contributed by atoms with van der Waals surface area (Å²) in [6, 6.07) is 50.3. The molecule has 0 saturated heterocycles. The van der Waals surface area contributed by atoms with Crippen LogP contribution in [-0.4, -0.2) is 6.21 Å². The van der Waals surface area contributed by atoms with Gasteiger partial charge in [-0.1, -0.05) is 142 Å². The molecule has 0 spiro atoms. The second-order valence-electron chi connectivity index (χ2n) is 15.2. The van der Waals surface area contributed by atoms with Crippen molar-refractivity contribution >= 4 is 55.0 Å². The van der Waals surface area contributed by atoms with Gasteiger partial charge in [0.2, 0.25) is 0 Å². The van der Waals surface area contributed by atoms with Crippen molar-refractivity contribution in [1.29, 1.82) is 0 Å². The third kappa shape index (κ3) is 4.71. The Morgan fingerprint density at radius 1 is 0.490 bits per heavy atom. The van der Waals surface area contributed by atoms with Crippen LogP contribution in [0.2, 0.25) is 0 Å². The molecule has 1 aliphatic heterocycles. The van der Waals surface area contributed by atoms with Crippen LogP contribution in [0.25, 0.3) is 82.2 Å². The van der Waals surface area contributed by atoms with E-state index in [4.69, 9.17) is 4.99 Å². The van der Waals surface area contributed by atoms with E-state index in [1.807, 2.05) is 0 Å². The molecule has 2 aliphatic rings. The number of nitrogens with zero attached hydrogens (tertiary/aromatic N) is 1. The number of hydrogen-bond acceptors (Lipinski definition) is 1. The van der Waals surface area contributed by atoms with Crippen LogP contribution in [0.5, 0.6) is 0 Å². The molecule has 1 fully saturated rings. The molecular formula is C48H37N. The standard InChI is InChI=1S/C48H37N/c1-48(2,3)40-24-36-17-19-41-43(30-12-14-31(15-13-30)45-26-38-23-39(38)28-49-45)27-44(42-20-18-37(25-40)46(36)47(41)42)35-10-6-9-33(22-35)34-16-11-29-7-4-5-8-32(29)21-34/h4-22,24-28,38-39H,23H2,1-3H3. The average Bonchev–Trinajstić information content (AvgIpc) is 3.92. The number of hydrogen-bond donors (Lipinski definition) is 0. The molecule has 0 N–H and O–H groups in total. The van der Waals surface area contributed by atoms with Gasteiger partial charge in [0.15, 0.2) is 0 Å². The van der Waals surface area contributed by atoms with Crippen LogP contribution in [0.4, 0.5) is 0 Å². The van der Waals surface area contributed by atoms with E-state index in [-0.39, 0.29) is 5.41 Å². The normalized spacial score (nSPS) is 17.2. The summed E-state index contributed by atoms with van der Waals surface area (Å²) in [5.41, 5.74) is 11.2. The maximum atomic E-state index is 4.79. The first-order valence-corrected chi connectivity index (χ1v) is 17.6. The zero-order valence-electron chi connectivity index (χ0n) is 28.2. The number of benzene rings is 8. The minimum Gasteiger partial charge on any atom is -0.261 e. The fourth-order valence-electron chi connectivity index (χ4n) is 8.07. The highest BCUT2D eigenvalue weighted by Crippen LogP contribution is 2.46. The lowest BCUT2D eigenvalue weighted by Gasteiger charge is -2.23. The topological polar surface area (TPSA) is 12.4 Å². The third-order valence-corrected chi connectivity index (χ3v) is 11.0. The van der Waals surface area contributed by atoms with Crippen LogP contribution in [0, 0.1) is 11.8 Å². The van der Waals surface area contributed by atoms with Crippen LogP contribution < -0.4 is 0 Å². The van der Waals surface area contributed by atoms with Crippen LogP contribution in [-0.2, 0) is 5.41 Å². The van der Waals surface area contributed by atoms with Gasteiger partial charge < -0.3 is 0 Å². The van der Waals surface area contributed by atoms with Crippen molar-refractivity contribution < 1.29 is 0 Å². The predicted molar refractivity (Wildman–Crippen MR) is 211 cm³/mol. The molecule has 0 bridgehead atoms. The minimum atomic E-state index is 0.0734. The minimum absolute atomic E-state index is 0.0734. The average molecular weight is 628 g/mol. The smallest absolute Gasteiger partial charge is 0.0661 e. The number of fused-ring (bicyclic) bond motifs is 2. The molecule has 8 aromatic rings. The first-order chi connectivity index (χ1) is 23.9. The van der Waals surface area contributed by atoms with Crippen LogP contribution in [0.15, 0.2) is 145 Å². The molecule has 49 heavy (non-hydrogen) atoms. The molecule has 2 unspecified atom stereocenters. The van der Waals surface area contributed by atoms with Crippen LogP contribution in [0.3, 0.4) is 0 Å². The molecular weight excluding hydrogens is 591 g/mol. The van der Waals surface area contributed by atoms with Crippen molar-refractivity contribution in [2.24, 2.45) is 16.8 Å². The first-order valence-electron chi connectivity index (χ1n) is 17.6. The first kappa shape index (κ1) is 28.5. The summed E-state index contributed by atoms with van der Waals surface area (Å²) in [6.07, 6.45) is 5.76. The van der Waals surface area contributed by atoms with E-state index >= 15 is 0 Å². The highest BCUT2D eigenvalue weighted by Gasteiger charge is 2.36. The summed E-state index contributed by atoms with van der Waals surface area (Å²) in [6.45, 7) is 6.92. The monoisotopic (exact) mass is 627 g/mol. The summed E-state index contributed by atoms with van der Waals surface area (Å²) in [7, 11) is 0. The van der Waals surface area contributed by atoms with E-state index in [9.17, 15) is 0 Å². The van der Waals surface area contributed by atoms with E-state index in [1.165, 1.54) is 94.0 Å². The lowest BCUT2D eigenvalue weighted by Crippen LogP contribution is -2.10. The molecule has 1 saturated carbocycles. The fourth-order valence-corrected chi connectivity index (χ4v) is 8.07. The molecule has 1 heterocycles. The van der Waals surface area contributed by atoms with E-state index in [2.05, 4.69) is 167 Å². The second-order valence-corrected chi connectivity index (χ2v) is 15.2. The summed E-state index contributed by atoms with van der Waals surface area (Å²) >= 11 is 0. The molecule has 1 aliphatic carbocycles. The molecule has 0 amide bonds. The van der Waals surface area contributed by atoms with Crippen LogP contribution in [0.1, 0.15) is 38.3 Å². The van der Waals surface area contributed by atoms with Crippen molar-refractivity contribution in [2.75, 3.05) is 0 Å². The Labute approximate surface area is 287 Å². The lowest BCUT2D eigenvalue weighted by atomic mass is 9.81. The summed E-state index contributed by atoms with van der Waals surface area (Å²) < 4.78 is 0. The Hall–Kier alpha value is -5.53. The molecule has 1 nitrogen and oxygen atoms in total. The maximum absolute atomic E-state index is 4.79. The predicted octanol–water partition coefficient (Wildman–Crippen LogP) is 13.1. The van der Waals surface area contributed by atoms with Gasteiger partial charge >= 0.3 is 0 Å². The Morgan fingerprint density at radius 2 is 1.12 bits per heavy atom. The van der Waals surface area contributed by atoms with E-state index in [1.54, 1.807) is 0 Å². The zero-order valence-corrected chi connectivity index (χ0v) is 28.2. The van der Waals surface area contributed by atoms with E-state index < -0.39 is 0 Å². The van der Waals surface area contributed by atoms with Gasteiger partial charge in [0.05, 0.1) is 5.70 Å². The van der Waals surface area contributed by atoms with Gasteiger partial charge in [-0.3, -0.25) is 4.99 Å². The highest BCUT2D eigenvalue weighted by atomic mass is 14.8. The van der Waals surface area contributed by atoms with Crippen molar-refractivity contribution in [3.8, 4) is 33.4 Å². The summed E-state index contributed by atoms with van der Waals surface area (Å²) in [5, 5.41) is 10.5. The molecule has 2 atom stereocenters. The van der Waals surface area contributed by atoms with E-state index in [0.717, 1.165) is 5.70 Å². The van der Waals surface area contributed by atoms with Gasteiger partial charge in [0, 0.05) is 12.1 Å². The largest absolute Gasteiger partial charge is 0.261 e. The Bertz CT molecular complexity index is 2640. The lowest BCUT2D eigenvalue weighted by molar-refractivity contribution is 0.591. The number of rotatable bonds is 4. The molecule has 0 aromatic heterocycles.